The first-order valence-corrected chi connectivity index (χ1v) is 9.68. The lowest BCUT2D eigenvalue weighted by Crippen LogP contribution is -2.34. The average molecular weight is 364 g/mol. The maximum absolute atomic E-state index is 13.0. The molecule has 1 N–H and O–H groups in total. The summed E-state index contributed by atoms with van der Waals surface area (Å²) < 4.78 is 0. The van der Waals surface area contributed by atoms with Crippen molar-refractivity contribution in [2.45, 2.75) is 46.2 Å². The Bertz CT molecular complexity index is 811. The minimum atomic E-state index is -0.260. The van der Waals surface area contributed by atoms with Crippen molar-refractivity contribution in [3.05, 3.63) is 70.8 Å². The Kier molecular flexibility index (Phi) is 5.94. The van der Waals surface area contributed by atoms with Crippen molar-refractivity contribution < 1.29 is 9.59 Å². The molecule has 142 valence electrons. The van der Waals surface area contributed by atoms with Gasteiger partial charge in [-0.1, -0.05) is 61.9 Å². The van der Waals surface area contributed by atoms with Crippen LogP contribution in [0.5, 0.6) is 0 Å². The lowest BCUT2D eigenvalue weighted by atomic mass is 10.00. The molecule has 0 radical (unpaired) electrons. The molecule has 0 saturated heterocycles. The molecule has 2 amide bonds. The third-order valence-electron chi connectivity index (χ3n) is 5.11. The van der Waals surface area contributed by atoms with Crippen LogP contribution >= 0.6 is 0 Å². The van der Waals surface area contributed by atoms with Crippen LogP contribution < -0.4 is 5.32 Å². The lowest BCUT2D eigenvalue weighted by Gasteiger charge is -2.28. The van der Waals surface area contributed by atoms with E-state index in [4.69, 9.17) is 0 Å². The molecule has 0 aromatic heterocycles. The van der Waals surface area contributed by atoms with Crippen molar-refractivity contribution >= 4 is 11.8 Å². The number of nitrogens with one attached hydrogen (secondary N) is 1. The molecule has 2 aromatic carbocycles. The number of benzene rings is 2. The fourth-order valence-electron chi connectivity index (χ4n) is 3.47. The Hall–Kier alpha value is -2.62. The highest BCUT2D eigenvalue weighted by Crippen LogP contribution is 2.33. The van der Waals surface area contributed by atoms with E-state index in [1.165, 1.54) is 0 Å². The first kappa shape index (κ1) is 19.2. The maximum atomic E-state index is 13.0. The second-order valence-electron chi connectivity index (χ2n) is 7.75. The number of fused-ring (bicyclic) bond motifs is 1. The summed E-state index contributed by atoms with van der Waals surface area (Å²) >= 11 is 0. The van der Waals surface area contributed by atoms with Crippen LogP contribution in [0, 0.1) is 12.8 Å². The molecule has 1 atom stereocenters. The van der Waals surface area contributed by atoms with E-state index in [-0.39, 0.29) is 24.3 Å². The van der Waals surface area contributed by atoms with Crippen LogP contribution in [0.3, 0.4) is 0 Å². The molecule has 2 aromatic rings. The minimum Gasteiger partial charge on any atom is -0.356 e. The van der Waals surface area contributed by atoms with E-state index in [0.717, 1.165) is 28.7 Å². The molecule has 0 fully saturated rings. The van der Waals surface area contributed by atoms with E-state index in [1.54, 1.807) is 0 Å². The van der Waals surface area contributed by atoms with Crippen molar-refractivity contribution in [3.63, 3.8) is 0 Å². The van der Waals surface area contributed by atoms with Gasteiger partial charge in [-0.3, -0.25) is 9.59 Å². The third-order valence-corrected chi connectivity index (χ3v) is 5.11. The predicted molar refractivity (Wildman–Crippen MR) is 107 cm³/mol. The standard InChI is InChI=1S/C23H28N2O2/c1-16(2)12-13-24-22(26)14-21(18-10-8-17(3)9-11-18)25-15-19-6-4-5-7-20(19)23(25)27/h4-11,16,21H,12-15H2,1-3H3,(H,24,26). The summed E-state index contributed by atoms with van der Waals surface area (Å²) in [4.78, 5) is 27.4. The third kappa shape index (κ3) is 4.57. The summed E-state index contributed by atoms with van der Waals surface area (Å²) in [6.45, 7) is 7.54. The fraction of sp³-hybridized carbons (Fsp3) is 0.391. The van der Waals surface area contributed by atoms with Crippen molar-refractivity contribution in [1.29, 1.82) is 0 Å². The average Bonchev–Trinajstić information content (AvgIpc) is 2.97. The zero-order valence-electron chi connectivity index (χ0n) is 16.4. The molecule has 4 heteroatoms. The van der Waals surface area contributed by atoms with Crippen LogP contribution in [0.25, 0.3) is 0 Å². The van der Waals surface area contributed by atoms with Gasteiger partial charge in [0, 0.05) is 18.7 Å². The van der Waals surface area contributed by atoms with E-state index in [0.29, 0.717) is 19.0 Å². The molecule has 4 nitrogen and oxygen atoms in total. The zero-order chi connectivity index (χ0) is 19.4. The van der Waals surface area contributed by atoms with Gasteiger partial charge < -0.3 is 10.2 Å². The van der Waals surface area contributed by atoms with Gasteiger partial charge in [-0.05, 0) is 36.5 Å². The van der Waals surface area contributed by atoms with Crippen LogP contribution in [-0.4, -0.2) is 23.3 Å². The Balaban J connectivity index is 1.80. The van der Waals surface area contributed by atoms with Gasteiger partial charge in [-0.2, -0.15) is 0 Å². The number of nitrogens with zero attached hydrogens (tertiary/aromatic N) is 1. The Morgan fingerprint density at radius 2 is 1.81 bits per heavy atom. The van der Waals surface area contributed by atoms with Crippen LogP contribution in [0.15, 0.2) is 48.5 Å². The molecule has 3 rings (SSSR count). The summed E-state index contributed by atoms with van der Waals surface area (Å²) in [6.07, 6.45) is 1.23. The highest BCUT2D eigenvalue weighted by molar-refractivity contribution is 5.98. The van der Waals surface area contributed by atoms with Crippen molar-refractivity contribution in [3.8, 4) is 0 Å². The number of rotatable bonds is 7. The summed E-state index contributed by atoms with van der Waals surface area (Å²) in [5, 5.41) is 3.01. The van der Waals surface area contributed by atoms with Crippen LogP contribution in [0.1, 0.15) is 59.8 Å². The summed E-state index contributed by atoms with van der Waals surface area (Å²) in [5.41, 5.74) is 3.94. The predicted octanol–water partition coefficient (Wildman–Crippen LogP) is 4.24. The van der Waals surface area contributed by atoms with Crippen LogP contribution in [0.2, 0.25) is 0 Å². The molecule has 27 heavy (non-hydrogen) atoms. The van der Waals surface area contributed by atoms with E-state index in [9.17, 15) is 9.59 Å². The molecule has 1 heterocycles. The normalized spacial score (nSPS) is 14.4. The number of amides is 2. The second-order valence-corrected chi connectivity index (χ2v) is 7.75. The van der Waals surface area contributed by atoms with Crippen molar-refractivity contribution in [2.24, 2.45) is 5.92 Å². The van der Waals surface area contributed by atoms with E-state index < -0.39 is 0 Å². The topological polar surface area (TPSA) is 49.4 Å². The van der Waals surface area contributed by atoms with Gasteiger partial charge in [0.25, 0.3) is 5.91 Å². The minimum absolute atomic E-state index is 0.00570. The summed E-state index contributed by atoms with van der Waals surface area (Å²) in [6, 6.07) is 15.6. The molecule has 0 bridgehead atoms. The van der Waals surface area contributed by atoms with E-state index in [1.807, 2.05) is 60.4 Å². The quantitative estimate of drug-likeness (QED) is 0.799. The Labute approximate surface area is 161 Å². The van der Waals surface area contributed by atoms with Gasteiger partial charge in [0.1, 0.15) is 0 Å². The highest BCUT2D eigenvalue weighted by atomic mass is 16.2. The molecule has 0 saturated carbocycles. The molecular weight excluding hydrogens is 336 g/mol. The van der Waals surface area contributed by atoms with Gasteiger partial charge in [0.05, 0.1) is 12.5 Å². The molecule has 0 aliphatic carbocycles. The number of hydrogen-bond donors (Lipinski definition) is 1. The number of carbonyl (C=O) groups is 2. The lowest BCUT2D eigenvalue weighted by molar-refractivity contribution is -0.122. The van der Waals surface area contributed by atoms with Gasteiger partial charge in [0.2, 0.25) is 5.91 Å². The largest absolute Gasteiger partial charge is 0.356 e. The van der Waals surface area contributed by atoms with Crippen LogP contribution in [0.4, 0.5) is 0 Å². The molecule has 1 aliphatic heterocycles. The number of hydrogen-bond acceptors (Lipinski definition) is 2. The van der Waals surface area contributed by atoms with Gasteiger partial charge >= 0.3 is 0 Å². The second kappa shape index (κ2) is 8.38. The smallest absolute Gasteiger partial charge is 0.255 e. The summed E-state index contributed by atoms with van der Waals surface area (Å²) in [7, 11) is 0. The van der Waals surface area contributed by atoms with Gasteiger partial charge in [-0.25, -0.2) is 0 Å². The first-order chi connectivity index (χ1) is 13.0. The molecule has 1 aliphatic rings. The van der Waals surface area contributed by atoms with Crippen molar-refractivity contribution in [1.82, 2.24) is 10.2 Å². The van der Waals surface area contributed by atoms with Gasteiger partial charge in [0.15, 0.2) is 0 Å². The molecule has 0 spiro atoms. The maximum Gasteiger partial charge on any atom is 0.255 e. The zero-order valence-corrected chi connectivity index (χ0v) is 16.4. The fourth-order valence-corrected chi connectivity index (χ4v) is 3.47. The molecular formula is C23H28N2O2. The summed E-state index contributed by atoms with van der Waals surface area (Å²) in [5.74, 6) is 0.545. The number of aryl methyl sites for hydroxylation is 1. The van der Waals surface area contributed by atoms with Gasteiger partial charge in [-0.15, -0.1) is 0 Å². The SMILES string of the molecule is Cc1ccc(C(CC(=O)NCCC(C)C)N2Cc3ccccc3C2=O)cc1. The Morgan fingerprint density at radius 3 is 2.48 bits per heavy atom. The number of carbonyl (C=O) groups excluding carboxylic acids is 2. The monoisotopic (exact) mass is 364 g/mol. The van der Waals surface area contributed by atoms with E-state index >= 15 is 0 Å². The van der Waals surface area contributed by atoms with Crippen LogP contribution in [-0.2, 0) is 11.3 Å². The first-order valence-electron chi connectivity index (χ1n) is 9.68. The van der Waals surface area contributed by atoms with Crippen molar-refractivity contribution in [2.75, 3.05) is 6.54 Å². The highest BCUT2D eigenvalue weighted by Gasteiger charge is 2.34. The molecule has 1 unspecified atom stereocenters. The Morgan fingerprint density at radius 1 is 1.11 bits per heavy atom. The van der Waals surface area contributed by atoms with E-state index in [2.05, 4.69) is 19.2 Å².